The van der Waals surface area contributed by atoms with Gasteiger partial charge in [0, 0.05) is 5.92 Å². The lowest BCUT2D eigenvalue weighted by Crippen LogP contribution is -2.48. The first-order chi connectivity index (χ1) is 18.6. The molecule has 3 aromatic rings. The highest BCUT2D eigenvalue weighted by atomic mass is 32.2. The minimum atomic E-state index is -2.91. The maximum Gasteiger partial charge on any atom is 0.304 e. The third-order valence-electron chi connectivity index (χ3n) is 7.85. The summed E-state index contributed by atoms with van der Waals surface area (Å²) in [6, 6.07) is 19.8. The largest absolute Gasteiger partial charge is 0.493 e. The number of carbonyl (C=O) groups is 1. The summed E-state index contributed by atoms with van der Waals surface area (Å²) in [6.07, 6.45) is 0.717. The zero-order valence-corrected chi connectivity index (χ0v) is 23.1. The molecule has 0 amide bonds. The van der Waals surface area contributed by atoms with Crippen molar-refractivity contribution in [1.82, 2.24) is 0 Å². The van der Waals surface area contributed by atoms with E-state index in [1.54, 1.807) is 0 Å². The molecule has 39 heavy (non-hydrogen) atoms. The fourth-order valence-corrected chi connectivity index (χ4v) is 7.29. The topological polar surface area (TPSA) is 99.1 Å². The summed E-state index contributed by atoms with van der Waals surface area (Å²) in [6.45, 7) is 5.81. The van der Waals surface area contributed by atoms with Gasteiger partial charge in [0.15, 0.2) is 9.84 Å². The second-order valence-corrected chi connectivity index (χ2v) is 13.0. The summed E-state index contributed by atoms with van der Waals surface area (Å²) in [5.41, 5.74) is 6.03. The number of rotatable bonds is 10. The van der Waals surface area contributed by atoms with Crippen molar-refractivity contribution in [2.45, 2.75) is 38.7 Å². The molecule has 0 radical (unpaired) electrons. The number of aliphatic carboxylic acids is 1. The van der Waals surface area contributed by atoms with Crippen LogP contribution in [0.3, 0.4) is 0 Å². The molecule has 2 aliphatic heterocycles. The van der Waals surface area contributed by atoms with Crippen LogP contribution in [0, 0.1) is 19.8 Å². The van der Waals surface area contributed by atoms with Gasteiger partial charge in [-0.2, -0.15) is 0 Å². The van der Waals surface area contributed by atoms with E-state index in [9.17, 15) is 18.3 Å². The monoisotopic (exact) mass is 550 g/mol. The molecule has 2 aliphatic rings. The normalized spacial score (nSPS) is 19.3. The van der Waals surface area contributed by atoms with Gasteiger partial charge in [0.05, 0.1) is 43.2 Å². The number of ether oxygens (including phenoxy) is 3. The second kappa shape index (κ2) is 11.0. The molecule has 1 N–H and O–H groups in total. The summed E-state index contributed by atoms with van der Waals surface area (Å²) in [5, 5.41) is 9.28. The summed E-state index contributed by atoms with van der Waals surface area (Å²) in [5.74, 6) is 1.17. The van der Waals surface area contributed by atoms with E-state index in [4.69, 9.17) is 14.2 Å². The Morgan fingerprint density at radius 2 is 1.74 bits per heavy atom. The van der Waals surface area contributed by atoms with Crippen molar-refractivity contribution in [3.05, 3.63) is 82.9 Å². The van der Waals surface area contributed by atoms with Crippen LogP contribution < -0.4 is 9.47 Å². The third kappa shape index (κ3) is 6.12. The van der Waals surface area contributed by atoms with Crippen LogP contribution >= 0.6 is 0 Å². The van der Waals surface area contributed by atoms with Gasteiger partial charge in [0.25, 0.3) is 0 Å². The summed E-state index contributed by atoms with van der Waals surface area (Å²) in [4.78, 5) is 11.3. The Balaban J connectivity index is 1.24. The predicted molar refractivity (Wildman–Crippen MR) is 149 cm³/mol. The summed E-state index contributed by atoms with van der Waals surface area (Å²) < 4.78 is 40.8. The number of hydrogen-bond donors (Lipinski definition) is 1. The lowest BCUT2D eigenvalue weighted by atomic mass is 9.76. The molecule has 0 spiro atoms. The van der Waals surface area contributed by atoms with Crippen LogP contribution in [0.2, 0.25) is 0 Å². The van der Waals surface area contributed by atoms with Gasteiger partial charge in [-0.15, -0.1) is 0 Å². The Morgan fingerprint density at radius 1 is 1.00 bits per heavy atom. The third-order valence-corrected chi connectivity index (χ3v) is 9.69. The molecule has 5 rings (SSSR count). The first-order valence-corrected chi connectivity index (χ1v) is 15.0. The van der Waals surface area contributed by atoms with Gasteiger partial charge < -0.3 is 19.3 Å². The molecule has 0 bridgehead atoms. The quantitative estimate of drug-likeness (QED) is 0.375. The number of carboxylic acid groups (broad SMARTS) is 1. The molecule has 2 heterocycles. The fraction of sp³-hybridized carbons (Fsp3) is 0.387. The van der Waals surface area contributed by atoms with Crippen molar-refractivity contribution in [3.8, 4) is 22.6 Å². The molecule has 2 fully saturated rings. The van der Waals surface area contributed by atoms with Gasteiger partial charge in [-0.1, -0.05) is 36.4 Å². The highest BCUT2D eigenvalue weighted by Crippen LogP contribution is 2.37. The molecule has 2 saturated heterocycles. The van der Waals surface area contributed by atoms with E-state index in [1.807, 2.05) is 42.5 Å². The van der Waals surface area contributed by atoms with Gasteiger partial charge in [0.1, 0.15) is 18.1 Å². The Morgan fingerprint density at radius 3 is 2.36 bits per heavy atom. The van der Waals surface area contributed by atoms with Crippen molar-refractivity contribution in [1.29, 1.82) is 0 Å². The molecular weight excluding hydrogens is 516 g/mol. The number of hydrogen-bond acceptors (Lipinski definition) is 6. The van der Waals surface area contributed by atoms with Crippen molar-refractivity contribution in [2.75, 3.05) is 31.3 Å². The van der Waals surface area contributed by atoms with E-state index < -0.39 is 21.2 Å². The zero-order chi connectivity index (χ0) is 27.6. The lowest BCUT2D eigenvalue weighted by molar-refractivity contribution is -0.145. The molecule has 1 unspecified atom stereocenters. The zero-order valence-electron chi connectivity index (χ0n) is 22.3. The van der Waals surface area contributed by atoms with Gasteiger partial charge in [0.2, 0.25) is 0 Å². The van der Waals surface area contributed by atoms with Crippen LogP contribution in [0.25, 0.3) is 11.1 Å². The molecular formula is C31H34O7S. The standard InChI is InChI=1S/C31H34O7S/c1-21-14-27(37-16-23-12-13-39(34,35)18-23)10-11-28(21)29-5-3-4-24(22(29)2)17-38-26-8-6-25(7-9-26)31(15-30(32)33)19-36-20-31/h3-11,14,23H,12-13,15-20H2,1-2H3,(H,32,33). The highest BCUT2D eigenvalue weighted by Gasteiger charge is 2.42. The Hall–Kier alpha value is -3.36. The van der Waals surface area contributed by atoms with E-state index in [0.29, 0.717) is 32.8 Å². The van der Waals surface area contributed by atoms with Gasteiger partial charge in [-0.25, -0.2) is 8.42 Å². The molecule has 7 nitrogen and oxygen atoms in total. The van der Waals surface area contributed by atoms with E-state index in [-0.39, 0.29) is 23.8 Å². The summed E-state index contributed by atoms with van der Waals surface area (Å²) in [7, 11) is -2.91. The summed E-state index contributed by atoms with van der Waals surface area (Å²) >= 11 is 0. The maximum atomic E-state index is 11.7. The van der Waals surface area contributed by atoms with Gasteiger partial charge in [-0.3, -0.25) is 4.79 Å². The molecule has 8 heteroatoms. The van der Waals surface area contributed by atoms with Gasteiger partial charge >= 0.3 is 5.97 Å². The Kier molecular flexibility index (Phi) is 7.69. The SMILES string of the molecule is Cc1cc(OCC2CCS(=O)(=O)C2)ccc1-c1cccc(COc2ccc(C3(CC(=O)O)COC3)cc2)c1C. The average molecular weight is 551 g/mol. The van der Waals surface area contributed by atoms with Crippen LogP contribution in [0.15, 0.2) is 60.7 Å². The van der Waals surface area contributed by atoms with E-state index >= 15 is 0 Å². The number of carboxylic acids is 1. The fourth-order valence-electron chi connectivity index (χ4n) is 5.45. The minimum Gasteiger partial charge on any atom is -0.493 e. The van der Waals surface area contributed by atoms with Crippen LogP contribution in [0.4, 0.5) is 0 Å². The molecule has 0 aliphatic carbocycles. The van der Waals surface area contributed by atoms with E-state index in [2.05, 4.69) is 32.0 Å². The number of sulfone groups is 1. The lowest BCUT2D eigenvalue weighted by Gasteiger charge is -2.40. The smallest absolute Gasteiger partial charge is 0.304 e. The van der Waals surface area contributed by atoms with Crippen molar-refractivity contribution < 1.29 is 32.5 Å². The molecule has 3 aromatic carbocycles. The number of benzene rings is 3. The van der Waals surface area contributed by atoms with Crippen molar-refractivity contribution >= 4 is 15.8 Å². The Labute approximate surface area is 229 Å². The molecule has 0 saturated carbocycles. The first-order valence-electron chi connectivity index (χ1n) is 13.2. The van der Waals surface area contributed by atoms with Crippen molar-refractivity contribution in [3.63, 3.8) is 0 Å². The predicted octanol–water partition coefficient (Wildman–Crippen LogP) is 5.11. The van der Waals surface area contributed by atoms with E-state index in [1.165, 1.54) is 0 Å². The minimum absolute atomic E-state index is 0.0521. The average Bonchev–Trinajstić information content (AvgIpc) is 3.23. The maximum absolute atomic E-state index is 11.7. The Bertz CT molecular complexity index is 1460. The second-order valence-electron chi connectivity index (χ2n) is 10.8. The van der Waals surface area contributed by atoms with Crippen LogP contribution in [0.1, 0.15) is 35.1 Å². The molecule has 1 atom stereocenters. The molecule has 0 aromatic heterocycles. The van der Waals surface area contributed by atoms with Crippen LogP contribution in [-0.2, 0) is 31.4 Å². The first kappa shape index (κ1) is 27.2. The van der Waals surface area contributed by atoms with Crippen LogP contribution in [0.5, 0.6) is 11.5 Å². The van der Waals surface area contributed by atoms with E-state index in [0.717, 1.165) is 44.9 Å². The number of aryl methyl sites for hydroxylation is 1. The van der Waals surface area contributed by atoms with Crippen molar-refractivity contribution in [2.24, 2.45) is 5.92 Å². The van der Waals surface area contributed by atoms with Gasteiger partial charge in [-0.05, 0) is 77.9 Å². The highest BCUT2D eigenvalue weighted by molar-refractivity contribution is 7.91. The molecule has 206 valence electrons. The van der Waals surface area contributed by atoms with Crippen LogP contribution in [-0.4, -0.2) is 50.8 Å².